The van der Waals surface area contributed by atoms with Crippen LogP contribution in [0.3, 0.4) is 0 Å². The van der Waals surface area contributed by atoms with Crippen molar-refractivity contribution in [3.8, 4) is 0 Å². The molecular formula is C28H32F2N2O4S. The fourth-order valence-corrected chi connectivity index (χ4v) is 4.84. The summed E-state index contributed by atoms with van der Waals surface area (Å²) in [7, 11) is -3.22. The molecule has 0 radical (unpaired) electrons. The van der Waals surface area contributed by atoms with E-state index >= 15 is 0 Å². The van der Waals surface area contributed by atoms with Crippen molar-refractivity contribution in [1.29, 1.82) is 0 Å². The lowest BCUT2D eigenvalue weighted by Crippen LogP contribution is -2.48. The Labute approximate surface area is 216 Å². The molecule has 0 saturated heterocycles. The second kappa shape index (κ2) is 12.9. The normalized spacial score (nSPS) is 13.2. The maximum absolute atomic E-state index is 13.8. The van der Waals surface area contributed by atoms with Gasteiger partial charge in [-0.05, 0) is 59.4 Å². The molecule has 2 atom stereocenters. The molecule has 3 aromatic rings. The monoisotopic (exact) mass is 530 g/mol. The average Bonchev–Trinajstić information content (AvgIpc) is 2.82. The summed E-state index contributed by atoms with van der Waals surface area (Å²) in [6.45, 7) is 2.70. The minimum Gasteiger partial charge on any atom is -0.390 e. The zero-order valence-corrected chi connectivity index (χ0v) is 21.7. The Morgan fingerprint density at radius 2 is 1.57 bits per heavy atom. The number of amides is 1. The standard InChI is InChI=1S/C28H32F2N2O4S/c1-3-19-5-4-6-21(11-19)16-31-17-27(33)26(14-22-12-24(29)15-25(30)13-22)32-28(34)23-9-7-20(8-10-23)18-37(2,35)36/h4-13,15,26-27,31,33H,3,14,16-18H2,1-2H3,(H,32,34). The summed E-state index contributed by atoms with van der Waals surface area (Å²) in [6.07, 6.45) is 0.975. The summed E-state index contributed by atoms with van der Waals surface area (Å²) in [5.41, 5.74) is 3.35. The summed E-state index contributed by atoms with van der Waals surface area (Å²) in [5, 5.41) is 16.9. The number of sulfone groups is 1. The molecule has 3 rings (SSSR count). The van der Waals surface area contributed by atoms with Gasteiger partial charge in [0.1, 0.15) is 11.6 Å². The van der Waals surface area contributed by atoms with Crippen LogP contribution in [-0.4, -0.2) is 44.4 Å². The molecule has 1 amide bonds. The lowest BCUT2D eigenvalue weighted by atomic mass is 10.00. The number of rotatable bonds is 12. The number of aliphatic hydroxyl groups excluding tert-OH is 1. The van der Waals surface area contributed by atoms with Gasteiger partial charge >= 0.3 is 0 Å². The molecule has 6 nitrogen and oxygen atoms in total. The van der Waals surface area contributed by atoms with E-state index in [4.69, 9.17) is 0 Å². The molecule has 0 aliphatic carbocycles. The van der Waals surface area contributed by atoms with Crippen LogP contribution in [0.1, 0.15) is 39.5 Å². The maximum atomic E-state index is 13.8. The van der Waals surface area contributed by atoms with Gasteiger partial charge in [-0.2, -0.15) is 0 Å². The summed E-state index contributed by atoms with van der Waals surface area (Å²) in [5.74, 6) is -2.13. The Morgan fingerprint density at radius 1 is 0.919 bits per heavy atom. The van der Waals surface area contributed by atoms with Crippen LogP contribution in [-0.2, 0) is 35.0 Å². The zero-order chi connectivity index (χ0) is 27.0. The van der Waals surface area contributed by atoms with Crippen LogP contribution in [0.15, 0.2) is 66.7 Å². The van der Waals surface area contributed by atoms with Crippen LogP contribution < -0.4 is 10.6 Å². The van der Waals surface area contributed by atoms with Gasteiger partial charge in [0.15, 0.2) is 9.84 Å². The van der Waals surface area contributed by atoms with Gasteiger partial charge in [-0.1, -0.05) is 43.3 Å². The van der Waals surface area contributed by atoms with Crippen molar-refractivity contribution in [2.24, 2.45) is 0 Å². The number of halogens is 2. The second-order valence-corrected chi connectivity index (χ2v) is 11.3. The first-order valence-electron chi connectivity index (χ1n) is 12.0. The van der Waals surface area contributed by atoms with E-state index in [0.717, 1.165) is 24.3 Å². The number of hydrogen-bond acceptors (Lipinski definition) is 5. The molecule has 9 heteroatoms. The van der Waals surface area contributed by atoms with Crippen LogP contribution >= 0.6 is 0 Å². The summed E-state index contributed by atoms with van der Waals surface area (Å²) >= 11 is 0. The first kappa shape index (κ1) is 28.4. The highest BCUT2D eigenvalue weighted by Crippen LogP contribution is 2.14. The smallest absolute Gasteiger partial charge is 0.251 e. The van der Waals surface area contributed by atoms with E-state index in [-0.39, 0.29) is 24.3 Å². The molecule has 3 aromatic carbocycles. The molecule has 0 saturated carbocycles. The van der Waals surface area contributed by atoms with Gasteiger partial charge in [0.05, 0.1) is 17.9 Å². The highest BCUT2D eigenvalue weighted by Gasteiger charge is 2.23. The number of aliphatic hydroxyl groups is 1. The minimum absolute atomic E-state index is 0.000742. The average molecular weight is 531 g/mol. The van der Waals surface area contributed by atoms with Crippen molar-refractivity contribution in [2.75, 3.05) is 12.8 Å². The topological polar surface area (TPSA) is 95.5 Å². The first-order valence-corrected chi connectivity index (χ1v) is 14.1. The molecule has 3 N–H and O–H groups in total. The zero-order valence-electron chi connectivity index (χ0n) is 20.9. The van der Waals surface area contributed by atoms with Gasteiger partial charge in [0.25, 0.3) is 5.91 Å². The lowest BCUT2D eigenvalue weighted by Gasteiger charge is -2.25. The van der Waals surface area contributed by atoms with E-state index < -0.39 is 39.5 Å². The molecule has 0 aliphatic heterocycles. The van der Waals surface area contributed by atoms with Crippen molar-refractivity contribution in [1.82, 2.24) is 10.6 Å². The Kier molecular flexibility index (Phi) is 9.91. The van der Waals surface area contributed by atoms with Crippen LogP contribution in [0.2, 0.25) is 0 Å². The molecular weight excluding hydrogens is 498 g/mol. The molecule has 0 aromatic heterocycles. The molecule has 198 valence electrons. The van der Waals surface area contributed by atoms with Crippen molar-refractivity contribution in [3.63, 3.8) is 0 Å². The Bertz CT molecular complexity index is 1290. The predicted octanol–water partition coefficient (Wildman–Crippen LogP) is 3.56. The van der Waals surface area contributed by atoms with Crippen LogP contribution in [0.4, 0.5) is 8.78 Å². The number of carbonyl (C=O) groups excluding carboxylic acids is 1. The van der Waals surface area contributed by atoms with Crippen molar-refractivity contribution in [2.45, 2.75) is 44.2 Å². The quantitative estimate of drug-likeness (QED) is 0.333. The SMILES string of the molecule is CCc1cccc(CNCC(O)C(Cc2cc(F)cc(F)c2)NC(=O)c2ccc(CS(C)(=O)=O)cc2)c1. The maximum Gasteiger partial charge on any atom is 0.251 e. The van der Waals surface area contributed by atoms with Crippen LogP contribution in [0, 0.1) is 11.6 Å². The van der Waals surface area contributed by atoms with Gasteiger partial charge < -0.3 is 15.7 Å². The number of aryl methyl sites for hydroxylation is 1. The van der Waals surface area contributed by atoms with E-state index in [2.05, 4.69) is 23.6 Å². The number of nitrogens with one attached hydrogen (secondary N) is 2. The molecule has 0 heterocycles. The number of benzene rings is 3. The first-order chi connectivity index (χ1) is 17.5. The third-order valence-electron chi connectivity index (χ3n) is 5.89. The van der Waals surface area contributed by atoms with E-state index in [1.165, 1.54) is 29.8 Å². The van der Waals surface area contributed by atoms with E-state index in [9.17, 15) is 27.1 Å². The fraction of sp³-hybridized carbons (Fsp3) is 0.321. The van der Waals surface area contributed by atoms with E-state index in [1.807, 2.05) is 18.2 Å². The molecule has 37 heavy (non-hydrogen) atoms. The molecule has 0 bridgehead atoms. The highest BCUT2D eigenvalue weighted by molar-refractivity contribution is 7.89. The number of carbonyl (C=O) groups is 1. The van der Waals surface area contributed by atoms with Gasteiger partial charge in [-0.15, -0.1) is 0 Å². The second-order valence-electron chi connectivity index (χ2n) is 9.20. The number of hydrogen-bond donors (Lipinski definition) is 3. The van der Waals surface area contributed by atoms with Gasteiger partial charge in [-0.25, -0.2) is 17.2 Å². The summed E-state index contributed by atoms with van der Waals surface area (Å²) in [4.78, 5) is 12.9. The van der Waals surface area contributed by atoms with Gasteiger partial charge in [0.2, 0.25) is 0 Å². The largest absolute Gasteiger partial charge is 0.390 e. The van der Waals surface area contributed by atoms with Crippen LogP contribution in [0.5, 0.6) is 0 Å². The third kappa shape index (κ3) is 9.35. The van der Waals surface area contributed by atoms with Crippen molar-refractivity contribution in [3.05, 3.63) is 106 Å². The molecule has 0 aliphatic rings. The van der Waals surface area contributed by atoms with E-state index in [0.29, 0.717) is 17.7 Å². The van der Waals surface area contributed by atoms with E-state index in [1.54, 1.807) is 12.1 Å². The molecule has 2 unspecified atom stereocenters. The summed E-state index contributed by atoms with van der Waals surface area (Å²) in [6, 6.07) is 16.4. The van der Waals surface area contributed by atoms with Crippen molar-refractivity contribution >= 4 is 15.7 Å². The van der Waals surface area contributed by atoms with Crippen LogP contribution in [0.25, 0.3) is 0 Å². The fourth-order valence-electron chi connectivity index (χ4n) is 4.04. The minimum atomic E-state index is -3.22. The Balaban J connectivity index is 1.71. The Hall–Kier alpha value is -3.14. The molecule has 0 fully saturated rings. The third-order valence-corrected chi connectivity index (χ3v) is 6.74. The Morgan fingerprint density at radius 3 is 2.19 bits per heavy atom. The lowest BCUT2D eigenvalue weighted by molar-refractivity contribution is 0.0830. The molecule has 0 spiro atoms. The predicted molar refractivity (Wildman–Crippen MR) is 140 cm³/mol. The van der Waals surface area contributed by atoms with Gasteiger partial charge in [-0.3, -0.25) is 4.79 Å². The summed E-state index contributed by atoms with van der Waals surface area (Å²) < 4.78 is 50.5. The van der Waals surface area contributed by atoms with Crippen molar-refractivity contribution < 1.29 is 27.1 Å². The van der Waals surface area contributed by atoms with Gasteiger partial charge in [0, 0.05) is 31.0 Å². The highest BCUT2D eigenvalue weighted by atomic mass is 32.2.